The zero-order valence-electron chi connectivity index (χ0n) is 18.7. The number of ether oxygens (including phenoxy) is 1. The minimum atomic E-state index is -3.70. The number of amides is 1. The molecule has 2 aromatic carbocycles. The van der Waals surface area contributed by atoms with E-state index < -0.39 is 10.0 Å². The topological polar surface area (TPSA) is 93.0 Å². The van der Waals surface area contributed by atoms with Crippen molar-refractivity contribution >= 4 is 26.7 Å². The number of rotatable bonds is 5. The molecule has 1 aromatic heterocycles. The van der Waals surface area contributed by atoms with E-state index in [1.54, 1.807) is 25.9 Å². The van der Waals surface area contributed by atoms with Crippen LogP contribution in [0.5, 0.6) is 5.75 Å². The van der Waals surface area contributed by atoms with Gasteiger partial charge in [-0.15, -0.1) is 0 Å². The van der Waals surface area contributed by atoms with E-state index in [-0.39, 0.29) is 35.6 Å². The van der Waals surface area contributed by atoms with Crippen molar-refractivity contribution in [3.8, 4) is 5.75 Å². The highest BCUT2D eigenvalue weighted by Gasteiger charge is 2.35. The predicted molar refractivity (Wildman–Crippen MR) is 120 cm³/mol. The summed E-state index contributed by atoms with van der Waals surface area (Å²) in [6.45, 7) is 6.26. The highest BCUT2D eigenvalue weighted by molar-refractivity contribution is 7.89. The number of hydrogen-bond donors (Lipinski definition) is 0. The van der Waals surface area contributed by atoms with E-state index in [2.05, 4.69) is 5.16 Å². The number of nitrogens with zero attached hydrogens (tertiary/aromatic N) is 3. The minimum absolute atomic E-state index is 0.00718. The van der Waals surface area contributed by atoms with Crippen LogP contribution in [0.3, 0.4) is 0 Å². The van der Waals surface area contributed by atoms with Crippen LogP contribution < -0.4 is 4.74 Å². The van der Waals surface area contributed by atoms with Crippen LogP contribution in [0.2, 0.25) is 0 Å². The number of methoxy groups -OCH3 is 1. The van der Waals surface area contributed by atoms with Crippen LogP contribution in [-0.4, -0.2) is 62.0 Å². The average Bonchev–Trinajstić information content (AvgIpc) is 3.15. The first-order valence-electron chi connectivity index (χ1n) is 10.5. The predicted octanol–water partition coefficient (Wildman–Crippen LogP) is 3.09. The van der Waals surface area contributed by atoms with Gasteiger partial charge in [-0.1, -0.05) is 29.4 Å². The van der Waals surface area contributed by atoms with E-state index in [0.717, 1.165) is 22.1 Å². The van der Waals surface area contributed by atoms with Crippen molar-refractivity contribution in [3.05, 3.63) is 53.4 Å². The Morgan fingerprint density at radius 3 is 2.34 bits per heavy atom. The molecule has 2 heterocycles. The number of carbonyl (C=O) groups excluding carboxylic acids is 1. The number of piperazine rings is 1. The fraction of sp³-hybridized carbons (Fsp3) is 0.391. The Bertz CT molecular complexity index is 1240. The summed E-state index contributed by atoms with van der Waals surface area (Å²) in [5.41, 5.74) is 1.28. The summed E-state index contributed by atoms with van der Waals surface area (Å²) in [5, 5.41) is 5.84. The van der Waals surface area contributed by atoms with Crippen molar-refractivity contribution in [3.63, 3.8) is 0 Å². The van der Waals surface area contributed by atoms with Crippen LogP contribution in [0.25, 0.3) is 10.8 Å². The standard InChI is InChI=1S/C23H27N3O5S/c1-15(18-5-6-20-14-21(30-4)8-7-19(20)13-18)23(27)25-9-11-26(12-10-25)32(28,29)22-16(2)24-31-17(22)3/h5-8,13-15H,9-12H2,1-4H3/t15-/m0/s1. The van der Waals surface area contributed by atoms with Gasteiger partial charge in [0, 0.05) is 26.2 Å². The molecule has 9 heteroatoms. The summed E-state index contributed by atoms with van der Waals surface area (Å²) in [5.74, 6) is 0.738. The van der Waals surface area contributed by atoms with Crippen molar-refractivity contribution in [2.75, 3.05) is 33.3 Å². The highest BCUT2D eigenvalue weighted by Crippen LogP contribution is 2.28. The molecule has 1 aliphatic heterocycles. The van der Waals surface area contributed by atoms with Gasteiger partial charge in [0.2, 0.25) is 15.9 Å². The molecular formula is C23H27N3O5S. The third-order valence-electron chi connectivity index (χ3n) is 6.06. The second kappa shape index (κ2) is 8.55. The van der Waals surface area contributed by atoms with Gasteiger partial charge in [0.25, 0.3) is 0 Å². The Morgan fingerprint density at radius 2 is 1.72 bits per heavy atom. The summed E-state index contributed by atoms with van der Waals surface area (Å²) in [6.07, 6.45) is 0. The fourth-order valence-electron chi connectivity index (χ4n) is 4.18. The maximum atomic E-state index is 13.1. The number of aromatic nitrogens is 1. The maximum Gasteiger partial charge on any atom is 0.248 e. The minimum Gasteiger partial charge on any atom is -0.497 e. The van der Waals surface area contributed by atoms with Gasteiger partial charge >= 0.3 is 0 Å². The number of aryl methyl sites for hydroxylation is 2. The van der Waals surface area contributed by atoms with Crippen LogP contribution in [-0.2, 0) is 14.8 Å². The van der Waals surface area contributed by atoms with Crippen LogP contribution in [0.15, 0.2) is 45.8 Å². The Morgan fingerprint density at radius 1 is 1.06 bits per heavy atom. The summed E-state index contributed by atoms with van der Waals surface area (Å²) < 4.78 is 37.7. The lowest BCUT2D eigenvalue weighted by Crippen LogP contribution is -2.51. The van der Waals surface area contributed by atoms with E-state index in [0.29, 0.717) is 18.8 Å². The van der Waals surface area contributed by atoms with E-state index in [1.165, 1.54) is 4.31 Å². The quantitative estimate of drug-likeness (QED) is 0.585. The van der Waals surface area contributed by atoms with Crippen LogP contribution >= 0.6 is 0 Å². The molecule has 1 saturated heterocycles. The number of sulfonamides is 1. The first kappa shape index (κ1) is 22.3. The fourth-order valence-corrected chi connectivity index (χ4v) is 5.89. The molecular weight excluding hydrogens is 430 g/mol. The number of fused-ring (bicyclic) bond motifs is 1. The SMILES string of the molecule is COc1ccc2cc([C@H](C)C(=O)N3CCN(S(=O)(=O)c4c(C)noc4C)CC3)ccc2c1. The van der Waals surface area contributed by atoms with Crippen LogP contribution in [0, 0.1) is 13.8 Å². The van der Waals surface area contributed by atoms with Gasteiger partial charge in [0.05, 0.1) is 13.0 Å². The molecule has 0 N–H and O–H groups in total. The normalized spacial score (nSPS) is 16.3. The highest BCUT2D eigenvalue weighted by atomic mass is 32.2. The van der Waals surface area contributed by atoms with Gasteiger partial charge in [-0.25, -0.2) is 8.42 Å². The van der Waals surface area contributed by atoms with E-state index >= 15 is 0 Å². The van der Waals surface area contributed by atoms with Gasteiger partial charge in [-0.2, -0.15) is 4.31 Å². The summed E-state index contributed by atoms with van der Waals surface area (Å²) in [4.78, 5) is 15.0. The lowest BCUT2D eigenvalue weighted by atomic mass is 9.96. The first-order valence-corrected chi connectivity index (χ1v) is 12.0. The number of carbonyl (C=O) groups is 1. The summed E-state index contributed by atoms with van der Waals surface area (Å²) >= 11 is 0. The molecule has 1 fully saturated rings. The van der Waals surface area contributed by atoms with Crippen molar-refractivity contribution in [2.45, 2.75) is 31.6 Å². The molecule has 0 unspecified atom stereocenters. The van der Waals surface area contributed by atoms with Gasteiger partial charge in [0.1, 0.15) is 16.3 Å². The van der Waals surface area contributed by atoms with Gasteiger partial charge < -0.3 is 14.2 Å². The zero-order valence-corrected chi connectivity index (χ0v) is 19.5. The third-order valence-corrected chi connectivity index (χ3v) is 8.20. The third kappa shape index (κ3) is 3.98. The summed E-state index contributed by atoms with van der Waals surface area (Å²) in [7, 11) is -2.07. The molecule has 3 aromatic rings. The van der Waals surface area contributed by atoms with Crippen LogP contribution in [0.1, 0.15) is 29.9 Å². The van der Waals surface area contributed by atoms with Crippen molar-refractivity contribution in [1.29, 1.82) is 0 Å². The lowest BCUT2D eigenvalue weighted by molar-refractivity contribution is -0.133. The van der Waals surface area contributed by atoms with Crippen molar-refractivity contribution in [2.24, 2.45) is 0 Å². The van der Waals surface area contributed by atoms with Gasteiger partial charge in [-0.3, -0.25) is 4.79 Å². The summed E-state index contributed by atoms with van der Waals surface area (Å²) in [6, 6.07) is 11.8. The monoisotopic (exact) mass is 457 g/mol. The molecule has 1 amide bonds. The molecule has 32 heavy (non-hydrogen) atoms. The van der Waals surface area contributed by atoms with Gasteiger partial charge in [0.15, 0.2) is 5.76 Å². The maximum absolute atomic E-state index is 13.1. The molecule has 0 spiro atoms. The van der Waals surface area contributed by atoms with E-state index in [9.17, 15) is 13.2 Å². The largest absolute Gasteiger partial charge is 0.497 e. The average molecular weight is 458 g/mol. The molecule has 1 atom stereocenters. The lowest BCUT2D eigenvalue weighted by Gasteiger charge is -2.35. The molecule has 0 saturated carbocycles. The van der Waals surface area contributed by atoms with Crippen molar-refractivity contribution in [1.82, 2.24) is 14.4 Å². The molecule has 0 aliphatic carbocycles. The van der Waals surface area contributed by atoms with Crippen LogP contribution in [0.4, 0.5) is 0 Å². The molecule has 0 bridgehead atoms. The number of benzene rings is 2. The van der Waals surface area contributed by atoms with Crippen molar-refractivity contribution < 1.29 is 22.5 Å². The Labute approximate surface area is 187 Å². The Kier molecular flexibility index (Phi) is 5.96. The Balaban J connectivity index is 1.45. The molecule has 170 valence electrons. The molecule has 0 radical (unpaired) electrons. The van der Waals surface area contributed by atoms with Gasteiger partial charge in [-0.05, 0) is 49.2 Å². The smallest absolute Gasteiger partial charge is 0.248 e. The zero-order chi connectivity index (χ0) is 23.0. The molecule has 4 rings (SSSR count). The molecule has 1 aliphatic rings. The second-order valence-electron chi connectivity index (χ2n) is 8.08. The second-order valence-corrected chi connectivity index (χ2v) is 9.95. The first-order chi connectivity index (χ1) is 15.2. The van der Waals surface area contributed by atoms with E-state index in [4.69, 9.17) is 9.26 Å². The number of hydrogen-bond acceptors (Lipinski definition) is 6. The van der Waals surface area contributed by atoms with E-state index in [1.807, 2.05) is 43.3 Å². The Hall–Kier alpha value is -2.91. The molecule has 8 nitrogen and oxygen atoms in total.